The number of nitrogens with two attached hydrogens (primary N) is 1. The van der Waals surface area contributed by atoms with Crippen LogP contribution in [0, 0.1) is 11.8 Å². The third kappa shape index (κ3) is 3.33. The quantitative estimate of drug-likeness (QED) is 0.875. The molecule has 1 fully saturated rings. The van der Waals surface area contributed by atoms with Gasteiger partial charge in [-0.3, -0.25) is 4.90 Å². The van der Waals surface area contributed by atoms with Crippen molar-refractivity contribution in [2.24, 2.45) is 17.6 Å². The summed E-state index contributed by atoms with van der Waals surface area (Å²) < 4.78 is 11.0. The second-order valence-corrected chi connectivity index (χ2v) is 6.12. The van der Waals surface area contributed by atoms with E-state index in [0.29, 0.717) is 6.54 Å². The summed E-state index contributed by atoms with van der Waals surface area (Å²) >= 11 is 0. The van der Waals surface area contributed by atoms with Crippen molar-refractivity contribution in [1.29, 1.82) is 0 Å². The number of benzene rings is 1. The van der Waals surface area contributed by atoms with Crippen LogP contribution in [0.4, 0.5) is 0 Å². The molecule has 1 aliphatic heterocycles. The molecule has 2 atom stereocenters. The van der Waals surface area contributed by atoms with Crippen LogP contribution < -0.4 is 15.2 Å². The van der Waals surface area contributed by atoms with Crippen LogP contribution in [0.15, 0.2) is 18.2 Å². The topological polar surface area (TPSA) is 47.7 Å². The molecule has 2 N–H and O–H groups in total. The van der Waals surface area contributed by atoms with Crippen LogP contribution >= 0.6 is 0 Å². The van der Waals surface area contributed by atoms with E-state index in [1.54, 1.807) is 14.2 Å². The molecule has 118 valence electrons. The van der Waals surface area contributed by atoms with Gasteiger partial charge in [0.2, 0.25) is 0 Å². The average molecular weight is 292 g/mol. The van der Waals surface area contributed by atoms with E-state index in [0.717, 1.165) is 42.0 Å². The minimum atomic E-state index is 0.193. The van der Waals surface area contributed by atoms with Gasteiger partial charge < -0.3 is 15.2 Å². The molecule has 0 radical (unpaired) electrons. The summed E-state index contributed by atoms with van der Waals surface area (Å²) in [6.07, 6.45) is 1.25. The predicted octanol–water partition coefficient (Wildman–Crippen LogP) is 2.68. The van der Waals surface area contributed by atoms with E-state index in [4.69, 9.17) is 15.2 Å². The Hall–Kier alpha value is -1.26. The normalized spacial score (nSPS) is 20.8. The monoisotopic (exact) mass is 292 g/mol. The van der Waals surface area contributed by atoms with Crippen LogP contribution in [0.25, 0.3) is 0 Å². The lowest BCUT2D eigenvalue weighted by molar-refractivity contribution is 0.225. The summed E-state index contributed by atoms with van der Waals surface area (Å²) in [7, 11) is 3.36. The summed E-state index contributed by atoms with van der Waals surface area (Å²) in [5.41, 5.74) is 7.21. The molecule has 0 aliphatic carbocycles. The van der Waals surface area contributed by atoms with E-state index < -0.39 is 0 Å². The molecule has 2 unspecified atom stereocenters. The van der Waals surface area contributed by atoms with E-state index in [-0.39, 0.29) is 6.04 Å². The molecule has 4 heteroatoms. The zero-order valence-electron chi connectivity index (χ0n) is 13.6. The second-order valence-electron chi connectivity index (χ2n) is 6.12. The number of hydrogen-bond donors (Lipinski definition) is 1. The molecule has 0 aromatic heterocycles. The van der Waals surface area contributed by atoms with Gasteiger partial charge in [0.15, 0.2) is 11.5 Å². The first-order valence-corrected chi connectivity index (χ1v) is 7.77. The Morgan fingerprint density at radius 3 is 2.57 bits per heavy atom. The Morgan fingerprint density at radius 1 is 1.29 bits per heavy atom. The van der Waals surface area contributed by atoms with Crippen LogP contribution in [0.2, 0.25) is 0 Å². The van der Waals surface area contributed by atoms with E-state index >= 15 is 0 Å². The highest BCUT2D eigenvalue weighted by Gasteiger charge is 2.31. The van der Waals surface area contributed by atoms with Crippen molar-refractivity contribution in [2.45, 2.75) is 26.3 Å². The maximum Gasteiger partial charge on any atom is 0.165 e. The highest BCUT2D eigenvalue weighted by Crippen LogP contribution is 2.38. The van der Waals surface area contributed by atoms with Gasteiger partial charge in [-0.1, -0.05) is 26.0 Å². The van der Waals surface area contributed by atoms with Crippen LogP contribution in [-0.2, 0) is 0 Å². The Balaban J connectivity index is 2.26. The summed E-state index contributed by atoms with van der Waals surface area (Å²) in [4.78, 5) is 2.49. The number of methoxy groups -OCH3 is 2. The molecule has 0 spiro atoms. The Labute approximate surface area is 128 Å². The number of nitrogens with zero attached hydrogens (tertiary/aromatic N) is 1. The van der Waals surface area contributed by atoms with E-state index in [1.807, 2.05) is 12.1 Å². The molecule has 1 aromatic carbocycles. The molecule has 1 aliphatic rings. The van der Waals surface area contributed by atoms with E-state index in [9.17, 15) is 0 Å². The van der Waals surface area contributed by atoms with Gasteiger partial charge in [-0.05, 0) is 30.9 Å². The number of ether oxygens (including phenoxy) is 2. The predicted molar refractivity (Wildman–Crippen MR) is 85.9 cm³/mol. The number of para-hydroxylation sites is 1. The first kappa shape index (κ1) is 16.1. The van der Waals surface area contributed by atoms with Gasteiger partial charge >= 0.3 is 0 Å². The lowest BCUT2D eigenvalue weighted by Crippen LogP contribution is -2.32. The van der Waals surface area contributed by atoms with Crippen LogP contribution in [0.1, 0.15) is 31.9 Å². The largest absolute Gasteiger partial charge is 0.493 e. The molecule has 1 aromatic rings. The Bertz CT molecular complexity index is 462. The molecule has 21 heavy (non-hydrogen) atoms. The highest BCUT2D eigenvalue weighted by molar-refractivity contribution is 5.48. The molecule has 1 heterocycles. The summed E-state index contributed by atoms with van der Waals surface area (Å²) in [6, 6.07) is 6.23. The van der Waals surface area contributed by atoms with Gasteiger partial charge in [0.1, 0.15) is 0 Å². The maximum atomic E-state index is 6.08. The third-order valence-corrected chi connectivity index (χ3v) is 4.66. The highest BCUT2D eigenvalue weighted by atomic mass is 16.5. The molecular weight excluding hydrogens is 264 g/mol. The molecular formula is C17H28N2O2. The van der Waals surface area contributed by atoms with Crippen molar-refractivity contribution in [1.82, 2.24) is 4.90 Å². The maximum absolute atomic E-state index is 6.08. The molecule has 0 bridgehead atoms. The molecule has 0 saturated carbocycles. The fraction of sp³-hybridized carbons (Fsp3) is 0.647. The fourth-order valence-electron chi connectivity index (χ4n) is 3.29. The SMILES string of the molecule is COc1cccc(C(CN)N2CCC(C(C)C)C2)c1OC. The minimum absolute atomic E-state index is 0.193. The van der Waals surface area contributed by atoms with E-state index in [1.165, 1.54) is 6.42 Å². The second kappa shape index (κ2) is 7.14. The van der Waals surface area contributed by atoms with Crippen molar-refractivity contribution < 1.29 is 9.47 Å². The van der Waals surface area contributed by atoms with Crippen molar-refractivity contribution in [2.75, 3.05) is 33.9 Å². The average Bonchev–Trinajstić information content (AvgIpc) is 2.97. The third-order valence-electron chi connectivity index (χ3n) is 4.66. The van der Waals surface area contributed by atoms with Crippen molar-refractivity contribution in [3.8, 4) is 11.5 Å². The van der Waals surface area contributed by atoms with Crippen molar-refractivity contribution in [3.05, 3.63) is 23.8 Å². The number of rotatable bonds is 6. The van der Waals surface area contributed by atoms with Gasteiger partial charge in [0.25, 0.3) is 0 Å². The van der Waals surface area contributed by atoms with Gasteiger partial charge in [-0.25, -0.2) is 0 Å². The lowest BCUT2D eigenvalue weighted by Gasteiger charge is -2.29. The summed E-state index contributed by atoms with van der Waals surface area (Å²) in [5, 5.41) is 0. The summed E-state index contributed by atoms with van der Waals surface area (Å²) in [5.74, 6) is 3.06. The number of hydrogen-bond acceptors (Lipinski definition) is 4. The Morgan fingerprint density at radius 2 is 2.05 bits per heavy atom. The minimum Gasteiger partial charge on any atom is -0.493 e. The van der Waals surface area contributed by atoms with Gasteiger partial charge in [-0.15, -0.1) is 0 Å². The zero-order valence-corrected chi connectivity index (χ0v) is 13.6. The molecule has 1 saturated heterocycles. The molecule has 2 rings (SSSR count). The standard InChI is InChI=1S/C17H28N2O2/c1-12(2)13-8-9-19(11-13)15(10-18)14-6-5-7-16(20-3)17(14)21-4/h5-7,12-13,15H,8-11,18H2,1-4H3. The smallest absolute Gasteiger partial charge is 0.165 e. The fourth-order valence-corrected chi connectivity index (χ4v) is 3.29. The van der Waals surface area contributed by atoms with E-state index in [2.05, 4.69) is 24.8 Å². The first-order valence-electron chi connectivity index (χ1n) is 7.77. The summed E-state index contributed by atoms with van der Waals surface area (Å²) in [6.45, 7) is 7.41. The lowest BCUT2D eigenvalue weighted by atomic mass is 9.95. The first-order chi connectivity index (χ1) is 10.1. The van der Waals surface area contributed by atoms with Crippen molar-refractivity contribution >= 4 is 0 Å². The van der Waals surface area contributed by atoms with Gasteiger partial charge in [0, 0.05) is 18.7 Å². The zero-order chi connectivity index (χ0) is 15.4. The van der Waals surface area contributed by atoms with Crippen molar-refractivity contribution in [3.63, 3.8) is 0 Å². The van der Waals surface area contributed by atoms with Crippen LogP contribution in [0.3, 0.4) is 0 Å². The Kier molecular flexibility index (Phi) is 5.48. The van der Waals surface area contributed by atoms with Gasteiger partial charge in [-0.2, -0.15) is 0 Å². The van der Waals surface area contributed by atoms with Crippen LogP contribution in [0.5, 0.6) is 11.5 Å². The van der Waals surface area contributed by atoms with Gasteiger partial charge in [0.05, 0.1) is 20.3 Å². The van der Waals surface area contributed by atoms with Crippen LogP contribution in [-0.4, -0.2) is 38.8 Å². The molecule has 4 nitrogen and oxygen atoms in total. The molecule has 0 amide bonds. The number of likely N-dealkylation sites (tertiary alicyclic amines) is 1.